The molecule has 1 atom stereocenters. The van der Waals surface area contributed by atoms with Crippen LogP contribution in [0.5, 0.6) is 0 Å². The molecular formula is C8H10N2O2S. The Hall–Kier alpha value is -1.06. The van der Waals surface area contributed by atoms with Crippen molar-refractivity contribution in [2.45, 2.75) is 25.8 Å². The summed E-state index contributed by atoms with van der Waals surface area (Å²) in [5.41, 5.74) is 0. The summed E-state index contributed by atoms with van der Waals surface area (Å²) >= 11 is 4.35. The largest absolute Gasteiger partial charge is 0.279 e. The lowest BCUT2D eigenvalue weighted by molar-refractivity contribution is -0.157. The Bertz CT molecular complexity index is 284. The van der Waals surface area contributed by atoms with Crippen LogP contribution in [0.2, 0.25) is 0 Å². The first kappa shape index (κ1) is 10.0. The van der Waals surface area contributed by atoms with Crippen molar-refractivity contribution in [3.8, 4) is 0 Å². The molecule has 0 aromatic rings. The summed E-state index contributed by atoms with van der Waals surface area (Å²) in [5, 5.41) is 2.17. The predicted molar refractivity (Wildman–Crippen MR) is 50.4 cm³/mol. The normalized spacial score (nSPS) is 20.5. The average molecular weight is 198 g/mol. The van der Waals surface area contributed by atoms with Crippen LogP contribution in [0.1, 0.15) is 19.8 Å². The molecule has 2 amide bonds. The van der Waals surface area contributed by atoms with Crippen LogP contribution in [-0.2, 0) is 9.59 Å². The Labute approximate surface area is 81.6 Å². The molecule has 1 aliphatic heterocycles. The van der Waals surface area contributed by atoms with Crippen LogP contribution >= 0.6 is 12.2 Å². The lowest BCUT2D eigenvalue weighted by Crippen LogP contribution is -2.54. The number of likely N-dealkylation sites (tertiary alicyclic amines) is 1. The maximum Gasteiger partial charge on any atom is 0.231 e. The van der Waals surface area contributed by atoms with Gasteiger partial charge in [0.2, 0.25) is 11.8 Å². The molecule has 4 nitrogen and oxygen atoms in total. The highest BCUT2D eigenvalue weighted by atomic mass is 32.1. The molecule has 0 saturated carbocycles. The van der Waals surface area contributed by atoms with Gasteiger partial charge in [0, 0.05) is 18.9 Å². The van der Waals surface area contributed by atoms with Crippen molar-refractivity contribution in [3.05, 3.63) is 0 Å². The number of carbonyl (C=O) groups excluding carboxylic acids is 2. The molecule has 70 valence electrons. The second-order valence-electron chi connectivity index (χ2n) is 2.93. The third-order valence-corrected chi connectivity index (χ3v) is 2.08. The fourth-order valence-corrected chi connectivity index (χ4v) is 1.37. The molecule has 1 saturated heterocycles. The Kier molecular flexibility index (Phi) is 3.28. The summed E-state index contributed by atoms with van der Waals surface area (Å²) in [6.45, 7) is 2.17. The van der Waals surface area contributed by atoms with Crippen LogP contribution < -0.4 is 0 Å². The molecule has 1 unspecified atom stereocenters. The number of isothiocyanates is 1. The van der Waals surface area contributed by atoms with Crippen molar-refractivity contribution in [1.29, 1.82) is 0 Å². The van der Waals surface area contributed by atoms with Crippen LogP contribution in [0, 0.1) is 0 Å². The minimum atomic E-state index is -0.169. The molecular weight excluding hydrogens is 188 g/mol. The maximum absolute atomic E-state index is 11.3. The fourth-order valence-electron chi connectivity index (χ4n) is 1.28. The van der Waals surface area contributed by atoms with Gasteiger partial charge in [0.25, 0.3) is 0 Å². The number of thiocarbonyl (C=S) groups is 1. The first-order valence-electron chi connectivity index (χ1n) is 4.05. The molecule has 13 heavy (non-hydrogen) atoms. The lowest BCUT2D eigenvalue weighted by atomic mass is 10.0. The minimum Gasteiger partial charge on any atom is -0.279 e. The zero-order valence-electron chi connectivity index (χ0n) is 7.32. The van der Waals surface area contributed by atoms with Gasteiger partial charge in [0.05, 0.1) is 11.7 Å². The van der Waals surface area contributed by atoms with Crippen LogP contribution in [0.15, 0.2) is 4.99 Å². The number of carbonyl (C=O) groups is 2. The smallest absolute Gasteiger partial charge is 0.231 e. The SMILES string of the molecule is CC1CC(=O)N1C(=O)CCN=C=S. The van der Waals surface area contributed by atoms with E-state index in [2.05, 4.69) is 22.4 Å². The van der Waals surface area contributed by atoms with E-state index in [-0.39, 0.29) is 24.3 Å². The molecule has 0 aliphatic carbocycles. The fraction of sp³-hybridized carbons (Fsp3) is 0.625. The van der Waals surface area contributed by atoms with E-state index >= 15 is 0 Å². The van der Waals surface area contributed by atoms with Crippen molar-refractivity contribution >= 4 is 29.2 Å². The third kappa shape index (κ3) is 2.20. The van der Waals surface area contributed by atoms with Gasteiger partial charge in [-0.05, 0) is 19.1 Å². The zero-order valence-corrected chi connectivity index (χ0v) is 8.13. The molecule has 0 N–H and O–H groups in total. The molecule has 1 heterocycles. The molecule has 1 fully saturated rings. The maximum atomic E-state index is 11.3. The van der Waals surface area contributed by atoms with E-state index in [1.165, 1.54) is 4.90 Å². The number of β-lactam (4-membered cyclic amide) rings is 1. The van der Waals surface area contributed by atoms with Crippen molar-refractivity contribution in [2.75, 3.05) is 6.54 Å². The van der Waals surface area contributed by atoms with Gasteiger partial charge in [-0.2, -0.15) is 0 Å². The Morgan fingerprint density at radius 2 is 2.54 bits per heavy atom. The molecule has 1 rings (SSSR count). The molecule has 0 aromatic carbocycles. The quantitative estimate of drug-likeness (QED) is 0.379. The van der Waals surface area contributed by atoms with Crippen molar-refractivity contribution in [2.24, 2.45) is 4.99 Å². The number of hydrogen-bond acceptors (Lipinski definition) is 4. The summed E-state index contributed by atoms with van der Waals surface area (Å²) < 4.78 is 0. The molecule has 0 radical (unpaired) electrons. The molecule has 5 heteroatoms. The number of amides is 2. The third-order valence-electron chi connectivity index (χ3n) is 1.95. The lowest BCUT2D eigenvalue weighted by Gasteiger charge is -2.36. The molecule has 1 aliphatic rings. The van der Waals surface area contributed by atoms with E-state index in [1.54, 1.807) is 0 Å². The minimum absolute atomic E-state index is 0.0523. The van der Waals surface area contributed by atoms with Crippen molar-refractivity contribution in [1.82, 2.24) is 4.90 Å². The van der Waals surface area contributed by atoms with Gasteiger partial charge >= 0.3 is 0 Å². The number of nitrogens with zero attached hydrogens (tertiary/aromatic N) is 2. The highest BCUT2D eigenvalue weighted by Crippen LogP contribution is 2.19. The standard InChI is InChI=1S/C8H10N2O2S/c1-6-4-8(12)10(6)7(11)2-3-9-5-13/h6H,2-4H2,1H3. The number of aliphatic imine (C=N–C) groups is 1. The average Bonchev–Trinajstić information content (AvgIpc) is 2.04. The first-order chi connectivity index (χ1) is 6.16. The van der Waals surface area contributed by atoms with Gasteiger partial charge in [-0.15, -0.1) is 0 Å². The highest BCUT2D eigenvalue weighted by molar-refractivity contribution is 7.78. The number of hydrogen-bond donors (Lipinski definition) is 0. The number of imide groups is 1. The van der Waals surface area contributed by atoms with Gasteiger partial charge in [0.1, 0.15) is 0 Å². The Morgan fingerprint density at radius 3 is 3.00 bits per heavy atom. The van der Waals surface area contributed by atoms with E-state index in [1.807, 2.05) is 6.92 Å². The monoisotopic (exact) mass is 198 g/mol. The van der Waals surface area contributed by atoms with Gasteiger partial charge in [0.15, 0.2) is 0 Å². The Balaban J connectivity index is 2.39. The van der Waals surface area contributed by atoms with Crippen LogP contribution in [-0.4, -0.2) is 34.5 Å². The first-order valence-corrected chi connectivity index (χ1v) is 4.46. The summed E-state index contributed by atoms with van der Waals surface area (Å²) in [5.74, 6) is -0.262. The van der Waals surface area contributed by atoms with E-state index in [0.29, 0.717) is 13.0 Å². The zero-order chi connectivity index (χ0) is 9.84. The topological polar surface area (TPSA) is 49.7 Å². The van der Waals surface area contributed by atoms with E-state index < -0.39 is 0 Å². The second kappa shape index (κ2) is 4.25. The summed E-state index contributed by atoms with van der Waals surface area (Å²) in [7, 11) is 0. The van der Waals surface area contributed by atoms with Gasteiger partial charge in [-0.1, -0.05) is 0 Å². The van der Waals surface area contributed by atoms with Gasteiger partial charge in [-0.25, -0.2) is 4.99 Å². The van der Waals surface area contributed by atoms with Crippen molar-refractivity contribution < 1.29 is 9.59 Å². The Morgan fingerprint density at radius 1 is 1.85 bits per heavy atom. The summed E-state index contributed by atoms with van der Waals surface area (Å²) in [4.78, 5) is 27.1. The number of rotatable bonds is 3. The van der Waals surface area contributed by atoms with E-state index in [0.717, 1.165) is 0 Å². The summed E-state index contributed by atoms with van der Waals surface area (Å²) in [6.07, 6.45) is 0.710. The van der Waals surface area contributed by atoms with Gasteiger partial charge in [-0.3, -0.25) is 14.5 Å². The summed E-state index contributed by atoms with van der Waals surface area (Å²) in [6, 6.07) is 0.0523. The van der Waals surface area contributed by atoms with Crippen molar-refractivity contribution in [3.63, 3.8) is 0 Å². The molecule has 0 aromatic heterocycles. The predicted octanol–water partition coefficient (Wildman–Crippen LogP) is 0.627. The van der Waals surface area contributed by atoms with Crippen LogP contribution in [0.25, 0.3) is 0 Å². The second-order valence-corrected chi connectivity index (χ2v) is 3.12. The van der Waals surface area contributed by atoms with E-state index in [4.69, 9.17) is 0 Å². The molecule has 0 bridgehead atoms. The molecule has 0 spiro atoms. The highest BCUT2D eigenvalue weighted by Gasteiger charge is 2.36. The van der Waals surface area contributed by atoms with Gasteiger partial charge < -0.3 is 0 Å². The van der Waals surface area contributed by atoms with Crippen LogP contribution in [0.3, 0.4) is 0 Å². The van der Waals surface area contributed by atoms with E-state index in [9.17, 15) is 9.59 Å². The van der Waals surface area contributed by atoms with Crippen LogP contribution in [0.4, 0.5) is 0 Å².